The third-order valence-electron chi connectivity index (χ3n) is 3.42. The fourth-order valence-electron chi connectivity index (χ4n) is 2.20. The van der Waals surface area contributed by atoms with Gasteiger partial charge in [-0.15, -0.1) is 0 Å². The molecule has 1 aromatic rings. The predicted octanol–water partition coefficient (Wildman–Crippen LogP) is 4.43. The van der Waals surface area contributed by atoms with Gasteiger partial charge in [0.25, 0.3) is 0 Å². The van der Waals surface area contributed by atoms with Crippen molar-refractivity contribution in [2.24, 2.45) is 5.92 Å². The Labute approximate surface area is 125 Å². The largest absolute Gasteiger partial charge is 0.313 e. The number of nitro benzene ring substituents is 1. The first kappa shape index (κ1) is 17.6. The molecule has 0 aromatic heterocycles. The van der Waals surface area contributed by atoms with Gasteiger partial charge >= 0.3 is 5.69 Å². The van der Waals surface area contributed by atoms with Crippen LogP contribution in [0.25, 0.3) is 0 Å². The molecule has 0 aliphatic rings. The van der Waals surface area contributed by atoms with E-state index in [9.17, 15) is 14.5 Å². The fraction of sp³-hybridized carbons (Fsp3) is 0.625. The number of nitrogens with zero attached hydrogens (tertiary/aromatic N) is 1. The van der Waals surface area contributed by atoms with Crippen LogP contribution in [0.3, 0.4) is 0 Å². The fourth-order valence-corrected chi connectivity index (χ4v) is 2.20. The molecular formula is C16H25FN2O2. The van der Waals surface area contributed by atoms with Crippen molar-refractivity contribution < 1.29 is 9.31 Å². The van der Waals surface area contributed by atoms with E-state index >= 15 is 0 Å². The van der Waals surface area contributed by atoms with Gasteiger partial charge in [-0.25, -0.2) is 0 Å². The molecule has 0 radical (unpaired) electrons. The first-order chi connectivity index (χ1) is 10.0. The molecule has 118 valence electrons. The van der Waals surface area contributed by atoms with Gasteiger partial charge in [0.15, 0.2) is 0 Å². The number of nitrogens with one attached hydrogen (secondary N) is 1. The molecule has 4 nitrogen and oxygen atoms in total. The molecule has 0 saturated heterocycles. The van der Waals surface area contributed by atoms with Gasteiger partial charge in [-0.1, -0.05) is 45.6 Å². The van der Waals surface area contributed by atoms with Crippen LogP contribution in [0.4, 0.5) is 10.1 Å². The van der Waals surface area contributed by atoms with Gasteiger partial charge < -0.3 is 5.32 Å². The highest BCUT2D eigenvalue weighted by molar-refractivity contribution is 5.34. The van der Waals surface area contributed by atoms with Crippen LogP contribution in [-0.4, -0.2) is 11.5 Å². The minimum Gasteiger partial charge on any atom is -0.313 e. The van der Waals surface area contributed by atoms with Crippen LogP contribution in [0.5, 0.6) is 0 Å². The van der Waals surface area contributed by atoms with Crippen molar-refractivity contribution in [3.63, 3.8) is 0 Å². The van der Waals surface area contributed by atoms with Gasteiger partial charge in [0.2, 0.25) is 5.82 Å². The zero-order valence-electron chi connectivity index (χ0n) is 12.9. The number of unbranched alkanes of at least 4 members (excludes halogenated alkanes) is 3. The summed E-state index contributed by atoms with van der Waals surface area (Å²) in [5, 5.41) is 13.8. The Balaban J connectivity index is 2.16. The molecule has 0 aliphatic heterocycles. The lowest BCUT2D eigenvalue weighted by Crippen LogP contribution is -2.14. The summed E-state index contributed by atoms with van der Waals surface area (Å²) in [4.78, 5) is 9.81. The average Bonchev–Trinajstić information content (AvgIpc) is 2.41. The van der Waals surface area contributed by atoms with E-state index in [1.165, 1.54) is 37.8 Å². The molecule has 0 bridgehead atoms. The van der Waals surface area contributed by atoms with E-state index in [4.69, 9.17) is 0 Å². The molecule has 0 spiro atoms. The second-order valence-electron chi connectivity index (χ2n) is 5.82. The maximum absolute atomic E-state index is 13.4. The van der Waals surface area contributed by atoms with Gasteiger partial charge in [-0.2, -0.15) is 4.39 Å². The highest BCUT2D eigenvalue weighted by Crippen LogP contribution is 2.17. The summed E-state index contributed by atoms with van der Waals surface area (Å²) in [5.41, 5.74) is 0.266. The zero-order valence-corrected chi connectivity index (χ0v) is 12.9. The summed E-state index contributed by atoms with van der Waals surface area (Å²) in [6.45, 7) is 5.91. The van der Waals surface area contributed by atoms with Crippen LogP contribution < -0.4 is 5.32 Å². The molecule has 0 atom stereocenters. The van der Waals surface area contributed by atoms with Crippen LogP contribution in [0, 0.1) is 21.8 Å². The number of benzene rings is 1. The summed E-state index contributed by atoms with van der Waals surface area (Å²) in [7, 11) is 0. The highest BCUT2D eigenvalue weighted by atomic mass is 19.1. The maximum atomic E-state index is 13.4. The van der Waals surface area contributed by atoms with Crippen LogP contribution in [0.1, 0.15) is 51.5 Å². The van der Waals surface area contributed by atoms with Crippen molar-refractivity contribution in [3.8, 4) is 0 Å². The number of halogens is 1. The van der Waals surface area contributed by atoms with Crippen LogP contribution in [0.2, 0.25) is 0 Å². The normalized spacial score (nSPS) is 11.0. The SMILES string of the molecule is CC(C)CCCCCCNCc1ccc([N+](=O)[O-])c(F)c1. The quantitative estimate of drug-likeness (QED) is 0.395. The van der Waals surface area contributed by atoms with Gasteiger partial charge in [-0.3, -0.25) is 10.1 Å². The van der Waals surface area contributed by atoms with Crippen molar-refractivity contribution in [3.05, 3.63) is 39.7 Å². The molecule has 5 heteroatoms. The van der Waals surface area contributed by atoms with Crippen molar-refractivity contribution in [2.45, 2.75) is 52.5 Å². The molecule has 21 heavy (non-hydrogen) atoms. The molecule has 0 fully saturated rings. The molecule has 1 aromatic carbocycles. The van der Waals surface area contributed by atoms with Gasteiger partial charge in [0, 0.05) is 12.6 Å². The van der Waals surface area contributed by atoms with E-state index in [0.717, 1.165) is 24.4 Å². The lowest BCUT2D eigenvalue weighted by atomic mass is 10.0. The second-order valence-corrected chi connectivity index (χ2v) is 5.82. The number of rotatable bonds is 10. The molecule has 0 saturated carbocycles. The first-order valence-electron chi connectivity index (χ1n) is 7.64. The third-order valence-corrected chi connectivity index (χ3v) is 3.42. The Kier molecular flexibility index (Phi) is 7.90. The first-order valence-corrected chi connectivity index (χ1v) is 7.64. The molecule has 1 rings (SSSR count). The Morgan fingerprint density at radius 3 is 2.57 bits per heavy atom. The zero-order chi connectivity index (χ0) is 15.7. The van der Waals surface area contributed by atoms with E-state index in [1.807, 2.05) is 0 Å². The van der Waals surface area contributed by atoms with E-state index in [2.05, 4.69) is 19.2 Å². The molecule has 1 N–H and O–H groups in total. The summed E-state index contributed by atoms with van der Waals surface area (Å²) >= 11 is 0. The summed E-state index contributed by atoms with van der Waals surface area (Å²) in [5.74, 6) is 0.00754. The summed E-state index contributed by atoms with van der Waals surface area (Å²) in [6.07, 6.45) is 6.13. The lowest BCUT2D eigenvalue weighted by Gasteiger charge is -2.06. The monoisotopic (exact) mass is 296 g/mol. The number of hydrogen-bond donors (Lipinski definition) is 1. The third kappa shape index (κ3) is 7.18. The Morgan fingerprint density at radius 2 is 1.95 bits per heavy atom. The van der Waals surface area contributed by atoms with Crippen molar-refractivity contribution in [2.75, 3.05) is 6.54 Å². The van der Waals surface area contributed by atoms with Crippen molar-refractivity contribution in [1.29, 1.82) is 0 Å². The van der Waals surface area contributed by atoms with Crippen molar-refractivity contribution in [1.82, 2.24) is 5.32 Å². The molecular weight excluding hydrogens is 271 g/mol. The topological polar surface area (TPSA) is 55.2 Å². The minimum absolute atomic E-state index is 0.469. The Hall–Kier alpha value is -1.49. The average molecular weight is 296 g/mol. The highest BCUT2D eigenvalue weighted by Gasteiger charge is 2.13. The second kappa shape index (κ2) is 9.45. The number of nitro groups is 1. The maximum Gasteiger partial charge on any atom is 0.304 e. The Bertz CT molecular complexity index is 450. The lowest BCUT2D eigenvalue weighted by molar-refractivity contribution is -0.387. The van der Waals surface area contributed by atoms with Crippen LogP contribution in [0.15, 0.2) is 18.2 Å². The minimum atomic E-state index is -0.770. The molecule has 0 heterocycles. The van der Waals surface area contributed by atoms with Crippen molar-refractivity contribution >= 4 is 5.69 Å². The molecule has 0 amide bonds. The summed E-state index contributed by atoms with van der Waals surface area (Å²) in [6, 6.07) is 4.04. The molecule has 0 aliphatic carbocycles. The summed E-state index contributed by atoms with van der Waals surface area (Å²) < 4.78 is 13.4. The van der Waals surface area contributed by atoms with E-state index in [-0.39, 0.29) is 0 Å². The standard InChI is InChI=1S/C16H25FN2O2/c1-13(2)7-5-3-4-6-10-18-12-14-8-9-16(19(20)21)15(17)11-14/h8-9,11,13,18H,3-7,10,12H2,1-2H3. The van der Waals surface area contributed by atoms with E-state index in [1.54, 1.807) is 6.07 Å². The van der Waals surface area contributed by atoms with Crippen LogP contribution >= 0.6 is 0 Å². The van der Waals surface area contributed by atoms with E-state index < -0.39 is 16.4 Å². The van der Waals surface area contributed by atoms with E-state index in [0.29, 0.717) is 6.54 Å². The van der Waals surface area contributed by atoms with Gasteiger partial charge in [0.05, 0.1) is 4.92 Å². The molecule has 0 unspecified atom stereocenters. The smallest absolute Gasteiger partial charge is 0.304 e. The van der Waals surface area contributed by atoms with Crippen LogP contribution in [-0.2, 0) is 6.54 Å². The number of hydrogen-bond acceptors (Lipinski definition) is 3. The van der Waals surface area contributed by atoms with Gasteiger partial charge in [0.1, 0.15) is 0 Å². The predicted molar refractivity (Wildman–Crippen MR) is 82.7 cm³/mol. The Morgan fingerprint density at radius 1 is 1.24 bits per heavy atom. The van der Waals surface area contributed by atoms with Gasteiger partial charge in [-0.05, 0) is 30.5 Å².